The lowest BCUT2D eigenvalue weighted by Crippen LogP contribution is -2.46. The van der Waals surface area contributed by atoms with Crippen molar-refractivity contribution in [2.45, 2.75) is 6.92 Å². The molecule has 1 aliphatic rings. The fraction of sp³-hybridized carbons (Fsp3) is 0.357. The van der Waals surface area contributed by atoms with Gasteiger partial charge in [0.15, 0.2) is 10.9 Å². The van der Waals surface area contributed by atoms with Crippen LogP contribution in [-0.2, 0) is 0 Å². The maximum Gasteiger partial charge on any atom is 0.185 e. The lowest BCUT2D eigenvalue weighted by atomic mass is 10.2. The van der Waals surface area contributed by atoms with E-state index in [0.717, 1.165) is 42.7 Å². The average molecular weight is 288 g/mol. The minimum absolute atomic E-state index is 0.0788. The molecule has 1 aliphatic heterocycles. The highest BCUT2D eigenvalue weighted by molar-refractivity contribution is 7.13. The molecular formula is C14H16N4OS. The first-order valence-electron chi connectivity index (χ1n) is 6.60. The summed E-state index contributed by atoms with van der Waals surface area (Å²) in [6.07, 6.45) is 3.55. The Morgan fingerprint density at radius 3 is 2.55 bits per heavy atom. The van der Waals surface area contributed by atoms with Crippen LogP contribution in [-0.4, -0.2) is 41.9 Å². The summed E-state index contributed by atoms with van der Waals surface area (Å²) in [5.74, 6) is 0.964. The molecule has 3 heterocycles. The highest BCUT2D eigenvalue weighted by Gasteiger charge is 2.19. The summed E-state index contributed by atoms with van der Waals surface area (Å²) in [4.78, 5) is 24.6. The number of Topliss-reactive ketones (excluding diaryl/α,β-unsaturated/α-hetero) is 1. The number of nitrogens with zero attached hydrogens (tertiary/aromatic N) is 4. The van der Waals surface area contributed by atoms with E-state index in [1.165, 1.54) is 0 Å². The Hall–Kier alpha value is -1.95. The van der Waals surface area contributed by atoms with Crippen LogP contribution in [0.25, 0.3) is 0 Å². The van der Waals surface area contributed by atoms with E-state index in [9.17, 15) is 4.79 Å². The van der Waals surface area contributed by atoms with E-state index < -0.39 is 0 Å². The molecule has 0 spiro atoms. The Bertz CT molecular complexity index is 591. The van der Waals surface area contributed by atoms with Gasteiger partial charge in [-0.15, -0.1) is 11.3 Å². The molecule has 2 aromatic heterocycles. The van der Waals surface area contributed by atoms with Crippen LogP contribution in [0.4, 0.5) is 10.9 Å². The van der Waals surface area contributed by atoms with Gasteiger partial charge in [-0.3, -0.25) is 4.79 Å². The number of rotatable bonds is 3. The molecule has 6 heteroatoms. The molecule has 0 atom stereocenters. The van der Waals surface area contributed by atoms with E-state index in [0.29, 0.717) is 0 Å². The Kier molecular flexibility index (Phi) is 3.64. The van der Waals surface area contributed by atoms with E-state index in [4.69, 9.17) is 0 Å². The van der Waals surface area contributed by atoms with Crippen molar-refractivity contribution in [2.75, 3.05) is 36.0 Å². The van der Waals surface area contributed by atoms with Gasteiger partial charge < -0.3 is 9.80 Å². The van der Waals surface area contributed by atoms with Crippen molar-refractivity contribution in [1.29, 1.82) is 0 Å². The second kappa shape index (κ2) is 5.58. The SMILES string of the molecule is CC(=O)c1ccnc(N2CCN(c3nccs3)CC2)c1. The summed E-state index contributed by atoms with van der Waals surface area (Å²) in [6.45, 7) is 5.24. The number of ketones is 1. The summed E-state index contributed by atoms with van der Waals surface area (Å²) >= 11 is 1.67. The molecule has 5 nitrogen and oxygen atoms in total. The first kappa shape index (κ1) is 13.1. The molecule has 2 aromatic rings. The highest BCUT2D eigenvalue weighted by atomic mass is 32.1. The molecule has 0 radical (unpaired) electrons. The lowest BCUT2D eigenvalue weighted by molar-refractivity contribution is 0.101. The Morgan fingerprint density at radius 2 is 1.90 bits per heavy atom. The van der Waals surface area contributed by atoms with Crippen LogP contribution in [0.3, 0.4) is 0 Å². The second-order valence-corrected chi connectivity index (χ2v) is 5.62. The quantitative estimate of drug-likeness (QED) is 0.809. The minimum atomic E-state index is 0.0788. The molecule has 1 fully saturated rings. The van der Waals surface area contributed by atoms with Crippen molar-refractivity contribution in [3.05, 3.63) is 35.5 Å². The van der Waals surface area contributed by atoms with Crippen LogP contribution in [0.5, 0.6) is 0 Å². The molecule has 20 heavy (non-hydrogen) atoms. The Labute approximate surface area is 121 Å². The van der Waals surface area contributed by atoms with Crippen molar-refractivity contribution >= 4 is 28.1 Å². The highest BCUT2D eigenvalue weighted by Crippen LogP contribution is 2.21. The first-order chi connectivity index (χ1) is 9.74. The van der Waals surface area contributed by atoms with Gasteiger partial charge in [-0.25, -0.2) is 9.97 Å². The number of carbonyl (C=O) groups is 1. The number of hydrogen-bond donors (Lipinski definition) is 0. The summed E-state index contributed by atoms with van der Waals surface area (Å²) in [7, 11) is 0. The molecule has 0 unspecified atom stereocenters. The number of pyridine rings is 1. The third-order valence-corrected chi connectivity index (χ3v) is 4.28. The zero-order valence-corrected chi connectivity index (χ0v) is 12.1. The molecule has 0 saturated carbocycles. The molecule has 0 N–H and O–H groups in total. The molecule has 1 saturated heterocycles. The van der Waals surface area contributed by atoms with Crippen LogP contribution >= 0.6 is 11.3 Å². The minimum Gasteiger partial charge on any atom is -0.353 e. The molecule has 0 aliphatic carbocycles. The van der Waals surface area contributed by atoms with E-state index in [-0.39, 0.29) is 5.78 Å². The maximum absolute atomic E-state index is 11.4. The van der Waals surface area contributed by atoms with E-state index >= 15 is 0 Å². The lowest BCUT2D eigenvalue weighted by Gasteiger charge is -2.35. The maximum atomic E-state index is 11.4. The van der Waals surface area contributed by atoms with Gasteiger partial charge in [0.25, 0.3) is 0 Å². The van der Waals surface area contributed by atoms with Gasteiger partial charge in [-0.05, 0) is 19.1 Å². The summed E-state index contributed by atoms with van der Waals surface area (Å²) < 4.78 is 0. The fourth-order valence-corrected chi connectivity index (χ4v) is 3.01. The van der Waals surface area contributed by atoms with Crippen molar-refractivity contribution in [2.24, 2.45) is 0 Å². The smallest absolute Gasteiger partial charge is 0.185 e. The Morgan fingerprint density at radius 1 is 1.15 bits per heavy atom. The van der Waals surface area contributed by atoms with Crippen LogP contribution < -0.4 is 9.80 Å². The van der Waals surface area contributed by atoms with E-state index in [1.807, 2.05) is 17.6 Å². The number of piperazine rings is 1. The van der Waals surface area contributed by atoms with Crippen molar-refractivity contribution in [3.63, 3.8) is 0 Å². The van der Waals surface area contributed by atoms with Crippen LogP contribution in [0.15, 0.2) is 29.9 Å². The first-order valence-corrected chi connectivity index (χ1v) is 7.48. The van der Waals surface area contributed by atoms with Gasteiger partial charge in [-0.1, -0.05) is 0 Å². The molecule has 0 aromatic carbocycles. The van der Waals surface area contributed by atoms with Gasteiger partial charge in [0, 0.05) is 49.5 Å². The summed E-state index contributed by atoms with van der Waals surface area (Å²) in [5.41, 5.74) is 0.720. The predicted octanol–water partition coefficient (Wildman–Crippen LogP) is 2.07. The molecule has 3 rings (SSSR count). The summed E-state index contributed by atoms with van der Waals surface area (Å²) in [5, 5.41) is 3.08. The number of thiazole rings is 1. The van der Waals surface area contributed by atoms with E-state index in [2.05, 4.69) is 19.8 Å². The number of hydrogen-bond acceptors (Lipinski definition) is 6. The standard InChI is InChI=1S/C14H16N4OS/c1-11(19)12-2-3-15-13(10-12)17-5-7-18(8-6-17)14-16-4-9-20-14/h2-4,9-10H,5-8H2,1H3. The van der Waals surface area contributed by atoms with Crippen LogP contribution in [0.2, 0.25) is 0 Å². The summed E-state index contributed by atoms with van der Waals surface area (Å²) in [6, 6.07) is 3.64. The van der Waals surface area contributed by atoms with Gasteiger partial charge >= 0.3 is 0 Å². The average Bonchev–Trinajstić information content (AvgIpc) is 3.02. The van der Waals surface area contributed by atoms with Gasteiger partial charge in [0.05, 0.1) is 0 Å². The van der Waals surface area contributed by atoms with Crippen LogP contribution in [0.1, 0.15) is 17.3 Å². The molecular weight excluding hydrogens is 272 g/mol. The Balaban J connectivity index is 1.69. The molecule has 0 amide bonds. The van der Waals surface area contributed by atoms with E-state index in [1.54, 1.807) is 30.5 Å². The molecule has 104 valence electrons. The van der Waals surface area contributed by atoms with Gasteiger partial charge in [0.2, 0.25) is 0 Å². The van der Waals surface area contributed by atoms with Crippen molar-refractivity contribution in [1.82, 2.24) is 9.97 Å². The zero-order valence-electron chi connectivity index (χ0n) is 11.3. The van der Waals surface area contributed by atoms with Gasteiger partial charge in [-0.2, -0.15) is 0 Å². The predicted molar refractivity (Wildman–Crippen MR) is 80.8 cm³/mol. The fourth-order valence-electron chi connectivity index (χ4n) is 2.31. The van der Waals surface area contributed by atoms with Crippen molar-refractivity contribution < 1.29 is 4.79 Å². The number of anilines is 2. The van der Waals surface area contributed by atoms with Crippen LogP contribution in [0, 0.1) is 0 Å². The topological polar surface area (TPSA) is 49.3 Å². The molecule has 0 bridgehead atoms. The normalized spacial score (nSPS) is 15.4. The number of aromatic nitrogens is 2. The third kappa shape index (κ3) is 2.65. The zero-order chi connectivity index (χ0) is 13.9. The van der Waals surface area contributed by atoms with Gasteiger partial charge in [0.1, 0.15) is 5.82 Å². The third-order valence-electron chi connectivity index (χ3n) is 3.45. The number of carbonyl (C=O) groups excluding carboxylic acids is 1. The van der Waals surface area contributed by atoms with Crippen molar-refractivity contribution in [3.8, 4) is 0 Å². The second-order valence-electron chi connectivity index (χ2n) is 4.75. The largest absolute Gasteiger partial charge is 0.353 e. The monoisotopic (exact) mass is 288 g/mol.